The second kappa shape index (κ2) is 5.99. The summed E-state index contributed by atoms with van der Waals surface area (Å²) in [6.07, 6.45) is 1.28. The second-order valence-corrected chi connectivity index (χ2v) is 6.65. The molecule has 0 fully saturated rings. The summed E-state index contributed by atoms with van der Waals surface area (Å²) in [6, 6.07) is 8.00. The summed E-state index contributed by atoms with van der Waals surface area (Å²) < 4.78 is 10.8. The Balaban J connectivity index is 2.26. The van der Waals surface area contributed by atoms with Crippen LogP contribution in [0.25, 0.3) is 0 Å². The Labute approximate surface area is 131 Å². The topological polar surface area (TPSA) is 55.8 Å². The van der Waals surface area contributed by atoms with Crippen LogP contribution in [0.2, 0.25) is 0 Å². The maximum Gasteiger partial charge on any atom is 0.413 e. The molecule has 1 amide bonds. The van der Waals surface area contributed by atoms with E-state index in [0.29, 0.717) is 19.3 Å². The molecule has 1 unspecified atom stereocenters. The highest BCUT2D eigenvalue weighted by atomic mass is 16.6. The number of nitrogens with zero attached hydrogens (tertiary/aromatic N) is 1. The van der Waals surface area contributed by atoms with Crippen molar-refractivity contribution in [2.45, 2.75) is 51.4 Å². The van der Waals surface area contributed by atoms with Crippen LogP contribution in [0.5, 0.6) is 0 Å². The molecule has 22 heavy (non-hydrogen) atoms. The largest absolute Gasteiger partial charge is 0.444 e. The summed E-state index contributed by atoms with van der Waals surface area (Å²) >= 11 is 0. The van der Waals surface area contributed by atoms with Crippen LogP contribution < -0.4 is 0 Å². The van der Waals surface area contributed by atoms with Gasteiger partial charge in [-0.05, 0) is 38.3 Å². The van der Waals surface area contributed by atoms with E-state index < -0.39 is 17.4 Å². The normalized spacial score (nSPS) is 20.7. The first kappa shape index (κ1) is 16.3. The Morgan fingerprint density at radius 1 is 1.27 bits per heavy atom. The van der Waals surface area contributed by atoms with E-state index in [9.17, 15) is 9.59 Å². The molecule has 1 aromatic rings. The van der Waals surface area contributed by atoms with Crippen LogP contribution in [0.1, 0.15) is 38.3 Å². The Morgan fingerprint density at radius 2 is 1.91 bits per heavy atom. The molecule has 0 saturated heterocycles. The first-order chi connectivity index (χ1) is 10.3. The minimum absolute atomic E-state index is 0.412. The molecule has 0 N–H and O–H groups in total. The standard InChI is InChI=1S/C17H23NO4/c1-16(2,3)22-15(20)18(4)17(21-12-19)10-9-13-7-5-6-8-14(13)11-17/h5-8,12H,9-11H2,1-4H3. The third-order valence-electron chi connectivity index (χ3n) is 3.92. The number of hydrogen-bond acceptors (Lipinski definition) is 4. The minimum atomic E-state index is -0.988. The van der Waals surface area contributed by atoms with Crippen molar-refractivity contribution in [3.8, 4) is 0 Å². The van der Waals surface area contributed by atoms with E-state index in [2.05, 4.69) is 6.07 Å². The third-order valence-corrected chi connectivity index (χ3v) is 3.92. The SMILES string of the molecule is CN(C(=O)OC(C)(C)C)C1(OC=O)CCc2ccccc2C1. The molecule has 0 saturated carbocycles. The molecule has 0 heterocycles. The van der Waals surface area contributed by atoms with Crippen LogP contribution in [-0.2, 0) is 27.1 Å². The summed E-state index contributed by atoms with van der Waals surface area (Å²) in [5, 5.41) is 0. The van der Waals surface area contributed by atoms with Crippen molar-refractivity contribution in [2.24, 2.45) is 0 Å². The molecule has 1 atom stereocenters. The Kier molecular flexibility index (Phi) is 4.44. The van der Waals surface area contributed by atoms with Crippen molar-refractivity contribution >= 4 is 12.6 Å². The van der Waals surface area contributed by atoms with E-state index in [1.54, 1.807) is 7.05 Å². The number of carbonyl (C=O) groups is 2. The fraction of sp³-hybridized carbons (Fsp3) is 0.529. The number of ether oxygens (including phenoxy) is 2. The average Bonchev–Trinajstić information content (AvgIpc) is 2.45. The van der Waals surface area contributed by atoms with Gasteiger partial charge < -0.3 is 9.47 Å². The maximum absolute atomic E-state index is 12.4. The lowest BCUT2D eigenvalue weighted by molar-refractivity contribution is -0.166. The predicted octanol–water partition coefficient (Wildman–Crippen LogP) is 2.91. The van der Waals surface area contributed by atoms with Gasteiger partial charge in [0.15, 0.2) is 5.72 Å². The van der Waals surface area contributed by atoms with E-state index in [1.807, 2.05) is 39.0 Å². The Bertz CT molecular complexity index is 564. The van der Waals surface area contributed by atoms with Gasteiger partial charge in [-0.25, -0.2) is 4.79 Å². The van der Waals surface area contributed by atoms with Gasteiger partial charge in [0.05, 0.1) is 0 Å². The van der Waals surface area contributed by atoms with Gasteiger partial charge in [0, 0.05) is 19.9 Å². The molecule has 120 valence electrons. The first-order valence-corrected chi connectivity index (χ1v) is 7.42. The molecule has 0 aromatic heterocycles. The molecule has 1 aliphatic rings. The van der Waals surface area contributed by atoms with Gasteiger partial charge in [0.1, 0.15) is 5.60 Å². The zero-order valence-corrected chi connectivity index (χ0v) is 13.6. The fourth-order valence-electron chi connectivity index (χ4n) is 2.74. The number of rotatable bonds is 3. The fourth-order valence-corrected chi connectivity index (χ4v) is 2.74. The zero-order chi connectivity index (χ0) is 16.4. The van der Waals surface area contributed by atoms with Gasteiger partial charge in [0.25, 0.3) is 6.47 Å². The quantitative estimate of drug-likeness (QED) is 0.636. The van der Waals surface area contributed by atoms with Crippen molar-refractivity contribution in [1.82, 2.24) is 4.90 Å². The summed E-state index contributed by atoms with van der Waals surface area (Å²) in [5.74, 6) is 0. The van der Waals surface area contributed by atoms with Crippen LogP contribution in [-0.4, -0.2) is 35.8 Å². The monoisotopic (exact) mass is 305 g/mol. The molecule has 1 aliphatic carbocycles. The van der Waals surface area contributed by atoms with E-state index in [1.165, 1.54) is 10.5 Å². The summed E-state index contributed by atoms with van der Waals surface area (Å²) in [7, 11) is 1.62. The Hall–Kier alpha value is -2.04. The lowest BCUT2D eigenvalue weighted by Gasteiger charge is -2.43. The number of aryl methyl sites for hydroxylation is 1. The number of carbonyl (C=O) groups excluding carboxylic acids is 2. The molecule has 2 rings (SSSR count). The van der Waals surface area contributed by atoms with Crippen molar-refractivity contribution in [3.63, 3.8) is 0 Å². The molecule has 0 spiro atoms. The smallest absolute Gasteiger partial charge is 0.413 e. The highest BCUT2D eigenvalue weighted by Crippen LogP contribution is 2.34. The van der Waals surface area contributed by atoms with Crippen LogP contribution in [0.4, 0.5) is 4.79 Å². The third kappa shape index (κ3) is 3.40. The lowest BCUT2D eigenvalue weighted by Crippen LogP contribution is -2.55. The molecular weight excluding hydrogens is 282 g/mol. The van der Waals surface area contributed by atoms with Crippen molar-refractivity contribution in [3.05, 3.63) is 35.4 Å². The number of hydrogen-bond donors (Lipinski definition) is 0. The van der Waals surface area contributed by atoms with Gasteiger partial charge in [-0.1, -0.05) is 24.3 Å². The second-order valence-electron chi connectivity index (χ2n) is 6.65. The molecule has 5 nitrogen and oxygen atoms in total. The number of likely N-dealkylation sites (N-methyl/N-ethyl adjacent to an activating group) is 1. The molecule has 0 radical (unpaired) electrons. The van der Waals surface area contributed by atoms with E-state index in [0.717, 1.165) is 12.0 Å². The van der Waals surface area contributed by atoms with Crippen LogP contribution >= 0.6 is 0 Å². The minimum Gasteiger partial charge on any atom is -0.444 e. The average molecular weight is 305 g/mol. The van der Waals surface area contributed by atoms with Crippen LogP contribution in [0, 0.1) is 0 Å². The van der Waals surface area contributed by atoms with Crippen molar-refractivity contribution < 1.29 is 19.1 Å². The zero-order valence-electron chi connectivity index (χ0n) is 13.6. The first-order valence-electron chi connectivity index (χ1n) is 7.42. The predicted molar refractivity (Wildman–Crippen MR) is 82.3 cm³/mol. The Morgan fingerprint density at radius 3 is 2.50 bits per heavy atom. The van der Waals surface area contributed by atoms with E-state index in [4.69, 9.17) is 9.47 Å². The van der Waals surface area contributed by atoms with Gasteiger partial charge in [-0.15, -0.1) is 0 Å². The maximum atomic E-state index is 12.4. The summed E-state index contributed by atoms with van der Waals surface area (Å²) in [6.45, 7) is 5.83. The molecule has 0 aliphatic heterocycles. The summed E-state index contributed by atoms with van der Waals surface area (Å²) in [5.41, 5.74) is 0.731. The number of amides is 1. The number of fused-ring (bicyclic) bond motifs is 1. The highest BCUT2D eigenvalue weighted by Gasteiger charge is 2.43. The van der Waals surface area contributed by atoms with Gasteiger partial charge in [-0.3, -0.25) is 9.69 Å². The molecule has 5 heteroatoms. The number of benzene rings is 1. The van der Waals surface area contributed by atoms with Gasteiger partial charge in [-0.2, -0.15) is 0 Å². The van der Waals surface area contributed by atoms with E-state index >= 15 is 0 Å². The van der Waals surface area contributed by atoms with Gasteiger partial charge >= 0.3 is 6.09 Å². The summed E-state index contributed by atoms with van der Waals surface area (Å²) in [4.78, 5) is 24.8. The van der Waals surface area contributed by atoms with Gasteiger partial charge in [0.2, 0.25) is 0 Å². The molecular formula is C17H23NO4. The highest BCUT2D eigenvalue weighted by molar-refractivity contribution is 5.69. The van der Waals surface area contributed by atoms with Crippen molar-refractivity contribution in [1.29, 1.82) is 0 Å². The molecule has 1 aromatic carbocycles. The van der Waals surface area contributed by atoms with Crippen LogP contribution in [0.15, 0.2) is 24.3 Å². The lowest BCUT2D eigenvalue weighted by atomic mass is 9.85. The van der Waals surface area contributed by atoms with Crippen molar-refractivity contribution in [2.75, 3.05) is 7.05 Å². The van der Waals surface area contributed by atoms with Crippen LogP contribution in [0.3, 0.4) is 0 Å². The van der Waals surface area contributed by atoms with E-state index in [-0.39, 0.29) is 0 Å². The molecule has 0 bridgehead atoms.